The zero-order valence-electron chi connectivity index (χ0n) is 15.6. The van der Waals surface area contributed by atoms with Crippen LogP contribution >= 0.6 is 0 Å². The summed E-state index contributed by atoms with van der Waals surface area (Å²) >= 11 is 0. The molecule has 3 aromatic rings. The van der Waals surface area contributed by atoms with Crippen LogP contribution in [0.2, 0.25) is 0 Å². The third kappa shape index (κ3) is 5.20. The standard InChI is InChI=1S/C19H18N4O5S/c1-13(24)22-17-11-16(6-7-18(17)27-2)29(25,26)23-14-4-3-5-15(10-14)28-19-12-20-8-9-21-19/h3-12,23H,1-2H3,(H,22,24). The zero-order chi connectivity index (χ0) is 20.9. The van der Waals surface area contributed by atoms with Crippen LogP contribution in [0.15, 0.2) is 66.0 Å². The number of hydrogen-bond acceptors (Lipinski definition) is 7. The number of methoxy groups -OCH3 is 1. The van der Waals surface area contributed by atoms with Crippen molar-refractivity contribution in [2.45, 2.75) is 11.8 Å². The van der Waals surface area contributed by atoms with E-state index in [4.69, 9.17) is 9.47 Å². The summed E-state index contributed by atoms with van der Waals surface area (Å²) in [6, 6.07) is 10.6. The fourth-order valence-electron chi connectivity index (χ4n) is 2.44. The van der Waals surface area contributed by atoms with E-state index in [0.29, 0.717) is 17.2 Å². The van der Waals surface area contributed by atoms with Crippen molar-refractivity contribution in [3.05, 3.63) is 61.1 Å². The van der Waals surface area contributed by atoms with Crippen LogP contribution in [0.25, 0.3) is 0 Å². The molecule has 1 aromatic heterocycles. The highest BCUT2D eigenvalue weighted by atomic mass is 32.2. The van der Waals surface area contributed by atoms with Gasteiger partial charge < -0.3 is 14.8 Å². The molecule has 0 saturated heterocycles. The van der Waals surface area contributed by atoms with Crippen LogP contribution < -0.4 is 19.5 Å². The van der Waals surface area contributed by atoms with Crippen molar-refractivity contribution in [2.24, 2.45) is 0 Å². The maximum absolute atomic E-state index is 12.8. The van der Waals surface area contributed by atoms with E-state index in [9.17, 15) is 13.2 Å². The van der Waals surface area contributed by atoms with Crippen LogP contribution in [0.5, 0.6) is 17.4 Å². The molecule has 150 valence electrons. The van der Waals surface area contributed by atoms with Crippen molar-refractivity contribution >= 4 is 27.3 Å². The molecule has 29 heavy (non-hydrogen) atoms. The van der Waals surface area contributed by atoms with Crippen LogP contribution in [-0.2, 0) is 14.8 Å². The van der Waals surface area contributed by atoms with E-state index in [1.807, 2.05) is 0 Å². The van der Waals surface area contributed by atoms with Crippen LogP contribution in [0.4, 0.5) is 11.4 Å². The molecular formula is C19H18N4O5S. The molecule has 0 unspecified atom stereocenters. The summed E-state index contributed by atoms with van der Waals surface area (Å²) in [6.45, 7) is 1.32. The number of nitrogens with one attached hydrogen (secondary N) is 2. The summed E-state index contributed by atoms with van der Waals surface area (Å²) in [4.78, 5) is 19.2. The number of anilines is 2. The molecule has 0 spiro atoms. The summed E-state index contributed by atoms with van der Waals surface area (Å²) in [6.07, 6.45) is 4.44. The Bertz CT molecular complexity index is 1120. The molecule has 0 atom stereocenters. The van der Waals surface area contributed by atoms with Gasteiger partial charge in [0.05, 0.1) is 29.6 Å². The summed E-state index contributed by atoms with van der Waals surface area (Å²) < 4.78 is 38.8. The van der Waals surface area contributed by atoms with Gasteiger partial charge in [0, 0.05) is 25.4 Å². The first kappa shape index (κ1) is 20.1. The predicted molar refractivity (Wildman–Crippen MR) is 107 cm³/mol. The van der Waals surface area contributed by atoms with Gasteiger partial charge in [-0.05, 0) is 30.3 Å². The largest absolute Gasteiger partial charge is 0.495 e. The number of hydrogen-bond donors (Lipinski definition) is 2. The molecule has 2 aromatic carbocycles. The van der Waals surface area contributed by atoms with Crippen molar-refractivity contribution in [3.63, 3.8) is 0 Å². The Morgan fingerprint density at radius 3 is 2.62 bits per heavy atom. The second-order valence-corrected chi connectivity index (χ2v) is 7.50. The summed E-state index contributed by atoms with van der Waals surface area (Å²) in [5.74, 6) is 0.667. The number of amides is 1. The summed E-state index contributed by atoms with van der Waals surface area (Å²) in [5, 5.41) is 2.55. The minimum absolute atomic E-state index is 0.0395. The lowest BCUT2D eigenvalue weighted by Crippen LogP contribution is -2.14. The van der Waals surface area contributed by atoms with Crippen molar-refractivity contribution in [1.82, 2.24) is 9.97 Å². The van der Waals surface area contributed by atoms with Gasteiger partial charge in [0.1, 0.15) is 11.5 Å². The van der Waals surface area contributed by atoms with Crippen LogP contribution in [0.1, 0.15) is 6.92 Å². The molecule has 1 amide bonds. The molecular weight excluding hydrogens is 396 g/mol. The lowest BCUT2D eigenvalue weighted by atomic mass is 10.3. The third-order valence-electron chi connectivity index (χ3n) is 3.64. The van der Waals surface area contributed by atoms with Crippen LogP contribution in [0.3, 0.4) is 0 Å². The minimum atomic E-state index is -3.93. The minimum Gasteiger partial charge on any atom is -0.495 e. The Balaban J connectivity index is 1.84. The highest BCUT2D eigenvalue weighted by molar-refractivity contribution is 7.92. The molecule has 0 bridgehead atoms. The molecule has 2 N–H and O–H groups in total. The number of nitrogens with zero attached hydrogens (tertiary/aromatic N) is 2. The lowest BCUT2D eigenvalue weighted by molar-refractivity contribution is -0.114. The highest BCUT2D eigenvalue weighted by Gasteiger charge is 2.18. The smallest absolute Gasteiger partial charge is 0.261 e. The van der Waals surface area contributed by atoms with Gasteiger partial charge >= 0.3 is 0 Å². The first-order chi connectivity index (χ1) is 13.9. The highest BCUT2D eigenvalue weighted by Crippen LogP contribution is 2.29. The van der Waals surface area contributed by atoms with E-state index in [2.05, 4.69) is 20.0 Å². The maximum Gasteiger partial charge on any atom is 0.261 e. The molecule has 0 fully saturated rings. The molecule has 0 aliphatic rings. The normalized spacial score (nSPS) is 10.8. The van der Waals surface area contributed by atoms with Crippen LogP contribution in [-0.4, -0.2) is 31.4 Å². The SMILES string of the molecule is COc1ccc(S(=O)(=O)Nc2cccc(Oc3cnccn3)c2)cc1NC(C)=O. The Hall–Kier alpha value is -3.66. The van der Waals surface area contributed by atoms with Gasteiger partial charge in [-0.3, -0.25) is 14.5 Å². The molecule has 0 aliphatic heterocycles. The Morgan fingerprint density at radius 1 is 1.10 bits per heavy atom. The van der Waals surface area contributed by atoms with Crippen molar-refractivity contribution < 1.29 is 22.7 Å². The van der Waals surface area contributed by atoms with E-state index in [1.165, 1.54) is 56.9 Å². The van der Waals surface area contributed by atoms with Gasteiger partial charge in [-0.1, -0.05) is 6.07 Å². The second-order valence-electron chi connectivity index (χ2n) is 5.82. The van der Waals surface area contributed by atoms with E-state index in [1.54, 1.807) is 18.2 Å². The third-order valence-corrected chi connectivity index (χ3v) is 5.02. The number of sulfonamides is 1. The van der Waals surface area contributed by atoms with Gasteiger partial charge in [0.15, 0.2) is 0 Å². The molecule has 0 saturated carbocycles. The van der Waals surface area contributed by atoms with E-state index in [-0.39, 0.29) is 22.4 Å². The number of carbonyl (C=O) groups is 1. The first-order valence-corrected chi connectivity index (χ1v) is 9.88. The summed E-state index contributed by atoms with van der Waals surface area (Å²) in [5.41, 5.74) is 0.547. The number of carbonyl (C=O) groups excluding carboxylic acids is 1. The van der Waals surface area contributed by atoms with Gasteiger partial charge in [-0.25, -0.2) is 13.4 Å². The Kier molecular flexibility index (Phi) is 5.93. The Labute approximate surface area is 167 Å². The maximum atomic E-state index is 12.8. The monoisotopic (exact) mass is 414 g/mol. The number of rotatable bonds is 7. The molecule has 9 nitrogen and oxygen atoms in total. The average Bonchev–Trinajstić information content (AvgIpc) is 2.68. The summed E-state index contributed by atoms with van der Waals surface area (Å²) in [7, 11) is -2.50. The van der Waals surface area contributed by atoms with Crippen molar-refractivity contribution in [2.75, 3.05) is 17.1 Å². The van der Waals surface area contributed by atoms with Gasteiger partial charge in [-0.2, -0.15) is 0 Å². The van der Waals surface area contributed by atoms with E-state index >= 15 is 0 Å². The quantitative estimate of drug-likeness (QED) is 0.610. The van der Waals surface area contributed by atoms with Crippen LogP contribution in [0, 0.1) is 0 Å². The zero-order valence-corrected chi connectivity index (χ0v) is 16.4. The van der Waals surface area contributed by atoms with Gasteiger partial charge in [0.25, 0.3) is 10.0 Å². The molecule has 10 heteroatoms. The lowest BCUT2D eigenvalue weighted by Gasteiger charge is -2.13. The molecule has 3 rings (SSSR count). The fraction of sp³-hybridized carbons (Fsp3) is 0.105. The topological polar surface area (TPSA) is 120 Å². The number of aromatic nitrogens is 2. The van der Waals surface area contributed by atoms with Crippen molar-refractivity contribution in [1.29, 1.82) is 0 Å². The number of ether oxygens (including phenoxy) is 2. The predicted octanol–water partition coefficient (Wildman–Crippen LogP) is 3.04. The van der Waals surface area contributed by atoms with Gasteiger partial charge in [0.2, 0.25) is 11.8 Å². The fourth-order valence-corrected chi connectivity index (χ4v) is 3.51. The second kappa shape index (κ2) is 8.57. The molecule has 0 aliphatic carbocycles. The molecule has 0 radical (unpaired) electrons. The number of benzene rings is 2. The van der Waals surface area contributed by atoms with E-state index < -0.39 is 10.0 Å². The van der Waals surface area contributed by atoms with Crippen molar-refractivity contribution in [3.8, 4) is 17.4 Å². The molecule has 1 heterocycles. The average molecular weight is 414 g/mol. The van der Waals surface area contributed by atoms with E-state index in [0.717, 1.165) is 0 Å². The Morgan fingerprint density at radius 2 is 1.93 bits per heavy atom. The first-order valence-electron chi connectivity index (χ1n) is 8.40. The van der Waals surface area contributed by atoms with Gasteiger partial charge in [-0.15, -0.1) is 0 Å².